The zero-order valence-corrected chi connectivity index (χ0v) is 22.7. The molecule has 1 aliphatic carbocycles. The lowest BCUT2D eigenvalue weighted by molar-refractivity contribution is -0.144. The van der Waals surface area contributed by atoms with Gasteiger partial charge in [-0.1, -0.05) is 42.0 Å². The third-order valence-corrected chi connectivity index (χ3v) is 6.83. The number of ether oxygens (including phenoxy) is 2. The number of benzene rings is 2. The van der Waals surface area contributed by atoms with Crippen LogP contribution in [0, 0.1) is 10.5 Å². The Bertz CT molecular complexity index is 1060. The number of aliphatic hydroxyl groups is 2. The number of nitrogens with one attached hydrogen (secondary N) is 1. The molecule has 2 aromatic carbocycles. The summed E-state index contributed by atoms with van der Waals surface area (Å²) in [4.78, 5) is 27.7. The molecule has 2 amide bonds. The Kier molecular flexibility index (Phi) is 10.7. The maximum Gasteiger partial charge on any atom is 0.249 e. The van der Waals surface area contributed by atoms with Crippen molar-refractivity contribution in [1.29, 1.82) is 0 Å². The lowest BCUT2D eigenvalue weighted by Crippen LogP contribution is -2.55. The molecule has 9 heteroatoms. The number of aryl methyl sites for hydroxylation is 1. The van der Waals surface area contributed by atoms with Crippen LogP contribution in [-0.4, -0.2) is 71.5 Å². The smallest absolute Gasteiger partial charge is 0.249 e. The Morgan fingerprint density at radius 2 is 1.89 bits per heavy atom. The van der Waals surface area contributed by atoms with Crippen LogP contribution in [0.3, 0.4) is 0 Å². The first-order valence-electron chi connectivity index (χ1n) is 12.0. The SMILES string of the molecule is CCOCC(=O)N(Cc1ccc(C)cc1)[C@@H]1CC(C(=O)NCCO)=C[C@H](Oc2ccccc2I)[C@H]1O. The van der Waals surface area contributed by atoms with E-state index in [1.54, 1.807) is 17.0 Å². The molecule has 3 rings (SSSR count). The molecule has 0 heterocycles. The van der Waals surface area contributed by atoms with Crippen LogP contribution < -0.4 is 10.1 Å². The number of hydrogen-bond acceptors (Lipinski definition) is 6. The number of halogens is 1. The third-order valence-electron chi connectivity index (χ3n) is 5.94. The van der Waals surface area contributed by atoms with Crippen LogP contribution in [0.15, 0.2) is 60.2 Å². The van der Waals surface area contributed by atoms with E-state index in [9.17, 15) is 14.7 Å². The molecule has 3 N–H and O–H groups in total. The predicted octanol–water partition coefficient (Wildman–Crippen LogP) is 2.58. The number of carbonyl (C=O) groups excluding carboxylic acids is 2. The predicted molar refractivity (Wildman–Crippen MR) is 144 cm³/mol. The van der Waals surface area contributed by atoms with Crippen LogP contribution in [0.25, 0.3) is 0 Å². The highest BCUT2D eigenvalue weighted by Crippen LogP contribution is 2.30. The molecule has 0 radical (unpaired) electrons. The molecule has 2 aromatic rings. The summed E-state index contributed by atoms with van der Waals surface area (Å²) >= 11 is 2.15. The summed E-state index contributed by atoms with van der Waals surface area (Å²) in [6.07, 6.45) is -0.219. The Balaban J connectivity index is 1.96. The summed E-state index contributed by atoms with van der Waals surface area (Å²) in [6, 6.07) is 14.5. The quantitative estimate of drug-likeness (QED) is 0.339. The topological polar surface area (TPSA) is 108 Å². The zero-order valence-electron chi connectivity index (χ0n) is 20.5. The van der Waals surface area contributed by atoms with Gasteiger partial charge in [0.25, 0.3) is 0 Å². The van der Waals surface area contributed by atoms with Crippen LogP contribution in [0.5, 0.6) is 5.75 Å². The van der Waals surface area contributed by atoms with E-state index in [2.05, 4.69) is 27.9 Å². The number of rotatable bonds is 11. The van der Waals surface area contributed by atoms with Gasteiger partial charge in [-0.15, -0.1) is 0 Å². The van der Waals surface area contributed by atoms with Gasteiger partial charge < -0.3 is 29.9 Å². The first kappa shape index (κ1) is 28.1. The first-order valence-corrected chi connectivity index (χ1v) is 13.0. The highest BCUT2D eigenvalue weighted by atomic mass is 127. The van der Waals surface area contributed by atoms with Gasteiger partial charge in [-0.25, -0.2) is 0 Å². The molecule has 1 aliphatic rings. The van der Waals surface area contributed by atoms with Crippen LogP contribution in [0.1, 0.15) is 24.5 Å². The second kappa shape index (κ2) is 13.7. The highest BCUT2D eigenvalue weighted by Gasteiger charge is 2.40. The number of amides is 2. The first-order chi connectivity index (χ1) is 17.3. The number of carbonyl (C=O) groups is 2. The number of nitrogens with zero attached hydrogens (tertiary/aromatic N) is 1. The van der Waals surface area contributed by atoms with Crippen LogP contribution in [0.4, 0.5) is 0 Å². The molecule has 8 nitrogen and oxygen atoms in total. The van der Waals surface area contributed by atoms with Crippen LogP contribution in [0.2, 0.25) is 0 Å². The second-order valence-corrected chi connectivity index (χ2v) is 9.75. The van der Waals surface area contributed by atoms with Crippen molar-refractivity contribution in [3.05, 3.63) is 74.9 Å². The van der Waals surface area contributed by atoms with E-state index < -0.39 is 18.2 Å². The average Bonchev–Trinajstić information content (AvgIpc) is 2.88. The van der Waals surface area contributed by atoms with E-state index in [1.165, 1.54) is 0 Å². The Labute approximate surface area is 225 Å². The second-order valence-electron chi connectivity index (χ2n) is 8.59. The van der Waals surface area contributed by atoms with Crippen molar-refractivity contribution in [2.24, 2.45) is 0 Å². The molecule has 0 saturated heterocycles. The maximum atomic E-state index is 13.3. The molecule has 0 aromatic heterocycles. The summed E-state index contributed by atoms with van der Waals surface area (Å²) in [5.74, 6) is -0.0868. The Morgan fingerprint density at radius 3 is 2.56 bits per heavy atom. The van der Waals surface area contributed by atoms with Crippen molar-refractivity contribution in [3.63, 3.8) is 0 Å². The van der Waals surface area contributed by atoms with Crippen molar-refractivity contribution in [1.82, 2.24) is 10.2 Å². The van der Waals surface area contributed by atoms with Crippen LogP contribution in [-0.2, 0) is 20.9 Å². The summed E-state index contributed by atoms with van der Waals surface area (Å²) in [5.41, 5.74) is 2.38. The van der Waals surface area contributed by atoms with Gasteiger partial charge in [0.1, 0.15) is 24.6 Å². The van der Waals surface area contributed by atoms with Gasteiger partial charge in [0, 0.05) is 31.7 Å². The average molecular weight is 608 g/mol. The Morgan fingerprint density at radius 1 is 1.17 bits per heavy atom. The fraction of sp³-hybridized carbons (Fsp3) is 0.407. The minimum atomic E-state index is -1.09. The monoisotopic (exact) mass is 608 g/mol. The molecule has 0 saturated carbocycles. The van der Waals surface area contributed by atoms with Crippen molar-refractivity contribution < 1.29 is 29.3 Å². The molecule has 0 unspecified atom stereocenters. The van der Waals surface area contributed by atoms with Gasteiger partial charge >= 0.3 is 0 Å². The standard InChI is InChI=1S/C27H33IN2O6/c1-3-35-17-25(32)30(16-19-10-8-18(2)9-11-19)22-14-20(27(34)29-12-13-31)15-24(26(22)33)36-23-7-5-4-6-21(23)28/h4-11,15,22,24,26,31,33H,3,12-14,16-17H2,1-2H3,(H,29,34)/t22-,24+,26+/m1/s1. The van der Waals surface area contributed by atoms with Gasteiger partial charge in [-0.2, -0.15) is 0 Å². The fourth-order valence-corrected chi connectivity index (χ4v) is 4.53. The van der Waals surface area contributed by atoms with Gasteiger partial charge in [0.2, 0.25) is 11.8 Å². The van der Waals surface area contributed by atoms with Crippen molar-refractivity contribution >= 4 is 34.4 Å². The number of aliphatic hydroxyl groups excluding tert-OH is 2. The van der Waals surface area contributed by atoms with E-state index in [-0.39, 0.29) is 44.5 Å². The van der Waals surface area contributed by atoms with E-state index in [0.29, 0.717) is 17.9 Å². The highest BCUT2D eigenvalue weighted by molar-refractivity contribution is 14.1. The Hall–Kier alpha value is -2.47. The van der Waals surface area contributed by atoms with E-state index in [4.69, 9.17) is 14.6 Å². The van der Waals surface area contributed by atoms with Gasteiger partial charge in [-0.3, -0.25) is 9.59 Å². The molecule has 194 valence electrons. The summed E-state index contributed by atoms with van der Waals surface area (Å²) < 4.78 is 12.4. The lowest BCUT2D eigenvalue weighted by atomic mass is 9.87. The molecule has 0 fully saturated rings. The minimum absolute atomic E-state index is 0.0991. The maximum absolute atomic E-state index is 13.3. The van der Waals surface area contributed by atoms with Gasteiger partial charge in [0.15, 0.2) is 0 Å². The summed E-state index contributed by atoms with van der Waals surface area (Å²) in [7, 11) is 0. The molecule has 0 aliphatic heterocycles. The van der Waals surface area contributed by atoms with E-state index >= 15 is 0 Å². The molecular weight excluding hydrogens is 575 g/mol. The summed E-state index contributed by atoms with van der Waals surface area (Å²) in [6.45, 7) is 4.19. The third kappa shape index (κ3) is 7.52. The number of hydrogen-bond donors (Lipinski definition) is 3. The fourth-order valence-electron chi connectivity index (χ4n) is 4.02. The van der Waals surface area contributed by atoms with Crippen molar-refractivity contribution in [3.8, 4) is 5.75 Å². The number of para-hydroxylation sites is 1. The molecular formula is C27H33IN2O6. The van der Waals surface area contributed by atoms with E-state index in [1.807, 2.05) is 56.3 Å². The van der Waals surface area contributed by atoms with Gasteiger partial charge in [-0.05, 0) is 60.2 Å². The van der Waals surface area contributed by atoms with Crippen LogP contribution >= 0.6 is 22.6 Å². The lowest BCUT2D eigenvalue weighted by Gasteiger charge is -2.40. The van der Waals surface area contributed by atoms with Gasteiger partial charge in [0.05, 0.1) is 16.2 Å². The van der Waals surface area contributed by atoms with Crippen molar-refractivity contribution in [2.45, 2.75) is 45.1 Å². The molecule has 0 spiro atoms. The normalized spacial score (nSPS) is 19.4. The largest absolute Gasteiger partial charge is 0.482 e. The van der Waals surface area contributed by atoms with E-state index in [0.717, 1.165) is 14.7 Å². The molecule has 3 atom stereocenters. The summed E-state index contributed by atoms with van der Waals surface area (Å²) in [5, 5.41) is 23.3. The van der Waals surface area contributed by atoms with Crippen molar-refractivity contribution in [2.75, 3.05) is 26.4 Å². The minimum Gasteiger partial charge on any atom is -0.482 e. The molecule has 36 heavy (non-hydrogen) atoms. The zero-order chi connectivity index (χ0) is 26.1. The molecule has 0 bridgehead atoms.